The Morgan fingerprint density at radius 3 is 2.71 bits per heavy atom. The van der Waals surface area contributed by atoms with E-state index in [9.17, 15) is 14.9 Å². The van der Waals surface area contributed by atoms with Crippen molar-refractivity contribution in [1.82, 2.24) is 14.9 Å². The number of imidazole rings is 1. The summed E-state index contributed by atoms with van der Waals surface area (Å²) in [5, 5.41) is 17.7. The van der Waals surface area contributed by atoms with E-state index in [2.05, 4.69) is 15.6 Å². The van der Waals surface area contributed by atoms with Crippen LogP contribution in [0, 0.1) is 10.1 Å². The minimum atomic E-state index is -0.605. The van der Waals surface area contributed by atoms with Gasteiger partial charge >= 0.3 is 0 Å². The van der Waals surface area contributed by atoms with Gasteiger partial charge in [-0.25, -0.2) is 4.98 Å². The first-order chi connectivity index (χ1) is 15.0. The zero-order valence-corrected chi connectivity index (χ0v) is 17.2. The van der Waals surface area contributed by atoms with Gasteiger partial charge in [-0.3, -0.25) is 14.9 Å². The topological polar surface area (TPSA) is 111 Å². The van der Waals surface area contributed by atoms with Gasteiger partial charge < -0.3 is 19.9 Å². The van der Waals surface area contributed by atoms with Crippen LogP contribution >= 0.6 is 0 Å². The highest BCUT2D eigenvalue weighted by molar-refractivity contribution is 5.96. The summed E-state index contributed by atoms with van der Waals surface area (Å²) in [6.45, 7) is 0. The molecule has 0 radical (unpaired) electrons. The molecule has 1 amide bonds. The van der Waals surface area contributed by atoms with Gasteiger partial charge in [0.2, 0.25) is 0 Å². The number of carbonyl (C=O) groups excluding carboxylic acids is 1. The molecule has 4 rings (SSSR count). The van der Waals surface area contributed by atoms with Crippen LogP contribution in [0.5, 0.6) is 5.75 Å². The van der Waals surface area contributed by atoms with Crippen molar-refractivity contribution in [3.63, 3.8) is 0 Å². The summed E-state index contributed by atoms with van der Waals surface area (Å²) in [4.78, 5) is 28.6. The normalized spacial score (nSPS) is 14.0. The highest BCUT2D eigenvalue weighted by Crippen LogP contribution is 2.33. The second kappa shape index (κ2) is 8.47. The van der Waals surface area contributed by atoms with E-state index in [0.717, 1.165) is 18.4 Å². The maximum Gasteiger partial charge on any atom is 0.293 e. The van der Waals surface area contributed by atoms with E-state index in [0.29, 0.717) is 17.3 Å². The van der Waals surface area contributed by atoms with Crippen molar-refractivity contribution in [3.8, 4) is 5.75 Å². The monoisotopic (exact) mass is 421 g/mol. The Labute approximate surface area is 179 Å². The number of nitrogens with zero attached hydrogens (tertiary/aromatic N) is 3. The fourth-order valence-electron chi connectivity index (χ4n) is 3.45. The van der Waals surface area contributed by atoms with E-state index < -0.39 is 16.9 Å². The maximum atomic E-state index is 13.1. The number of nitro benzene ring substituents is 1. The number of nitrogens with one attached hydrogen (secondary N) is 2. The van der Waals surface area contributed by atoms with E-state index in [-0.39, 0.29) is 17.3 Å². The molecule has 1 unspecified atom stereocenters. The summed E-state index contributed by atoms with van der Waals surface area (Å²) < 4.78 is 7.28. The third kappa shape index (κ3) is 4.35. The number of nitro groups is 1. The summed E-state index contributed by atoms with van der Waals surface area (Å²) in [5.74, 6) is 0.769. The van der Waals surface area contributed by atoms with Gasteiger partial charge in [-0.15, -0.1) is 0 Å². The number of rotatable bonds is 8. The molecule has 9 nitrogen and oxygen atoms in total. The van der Waals surface area contributed by atoms with Gasteiger partial charge in [0.25, 0.3) is 11.6 Å². The average Bonchev–Trinajstić information content (AvgIpc) is 3.49. The van der Waals surface area contributed by atoms with E-state index in [1.54, 1.807) is 37.7 Å². The molecule has 2 aromatic carbocycles. The summed E-state index contributed by atoms with van der Waals surface area (Å²) in [5.41, 5.74) is 1.23. The number of hydrogen-bond donors (Lipinski definition) is 2. The fourth-order valence-corrected chi connectivity index (χ4v) is 3.45. The van der Waals surface area contributed by atoms with Crippen LogP contribution < -0.4 is 15.4 Å². The Bertz CT molecular complexity index is 1120. The molecule has 0 saturated heterocycles. The molecule has 0 spiro atoms. The maximum absolute atomic E-state index is 13.1. The summed E-state index contributed by atoms with van der Waals surface area (Å²) in [6.07, 6.45) is 5.41. The summed E-state index contributed by atoms with van der Waals surface area (Å²) in [7, 11) is 3.39. The second-order valence-corrected chi connectivity index (χ2v) is 7.45. The molecular weight excluding hydrogens is 398 g/mol. The number of carbonyl (C=O) groups is 1. The quantitative estimate of drug-likeness (QED) is 0.426. The number of ether oxygens (including phenoxy) is 1. The van der Waals surface area contributed by atoms with Crippen molar-refractivity contribution in [3.05, 3.63) is 81.9 Å². The molecule has 1 aromatic heterocycles. The molecule has 0 aliphatic heterocycles. The number of aryl methyl sites for hydroxylation is 1. The third-order valence-electron chi connectivity index (χ3n) is 5.24. The number of anilines is 1. The molecule has 1 aliphatic carbocycles. The first kappa shape index (κ1) is 20.4. The largest absolute Gasteiger partial charge is 0.496 e. The van der Waals surface area contributed by atoms with Gasteiger partial charge in [-0.05, 0) is 31.0 Å². The van der Waals surface area contributed by atoms with Crippen LogP contribution in [0.3, 0.4) is 0 Å². The Morgan fingerprint density at radius 2 is 2.06 bits per heavy atom. The zero-order chi connectivity index (χ0) is 22.0. The van der Waals surface area contributed by atoms with Crippen molar-refractivity contribution in [2.24, 2.45) is 7.05 Å². The summed E-state index contributed by atoms with van der Waals surface area (Å²) >= 11 is 0. The highest BCUT2D eigenvalue weighted by atomic mass is 16.6. The number of methoxy groups -OCH3 is 1. The van der Waals surface area contributed by atoms with E-state index in [1.807, 2.05) is 29.8 Å². The number of benzene rings is 2. The van der Waals surface area contributed by atoms with Gasteiger partial charge in [0.1, 0.15) is 23.3 Å². The van der Waals surface area contributed by atoms with Gasteiger partial charge in [-0.2, -0.15) is 0 Å². The fraction of sp³-hybridized carbons (Fsp3) is 0.273. The molecular formula is C22H23N5O4. The van der Waals surface area contributed by atoms with Crippen LogP contribution in [-0.4, -0.2) is 33.5 Å². The Balaban J connectivity index is 1.67. The molecule has 3 aromatic rings. The molecule has 9 heteroatoms. The number of hydrogen-bond acceptors (Lipinski definition) is 6. The molecule has 31 heavy (non-hydrogen) atoms. The van der Waals surface area contributed by atoms with Crippen LogP contribution in [0.4, 0.5) is 11.4 Å². The molecule has 1 aliphatic rings. The Hall–Kier alpha value is -3.88. The molecule has 1 heterocycles. The van der Waals surface area contributed by atoms with Gasteiger partial charge in [0, 0.05) is 42.7 Å². The van der Waals surface area contributed by atoms with E-state index in [1.165, 1.54) is 6.07 Å². The molecule has 1 saturated carbocycles. The van der Waals surface area contributed by atoms with E-state index in [4.69, 9.17) is 4.74 Å². The molecule has 0 bridgehead atoms. The van der Waals surface area contributed by atoms with Gasteiger partial charge in [0.05, 0.1) is 12.0 Å². The number of aromatic nitrogens is 2. The van der Waals surface area contributed by atoms with Crippen molar-refractivity contribution >= 4 is 17.3 Å². The second-order valence-electron chi connectivity index (χ2n) is 7.45. The molecule has 1 atom stereocenters. The third-order valence-corrected chi connectivity index (χ3v) is 5.24. The first-order valence-corrected chi connectivity index (χ1v) is 9.94. The lowest BCUT2D eigenvalue weighted by molar-refractivity contribution is -0.384. The molecule has 160 valence electrons. The number of amides is 1. The predicted octanol–water partition coefficient (Wildman–Crippen LogP) is 3.43. The highest BCUT2D eigenvalue weighted by Gasteiger charge is 2.28. The lowest BCUT2D eigenvalue weighted by atomic mass is 10.0. The SMILES string of the molecule is COc1ccccc1C(NC(=O)c1ccc(NC2CC2)c([N+](=O)[O-])c1)c1nccn1C. The molecule has 1 fully saturated rings. The van der Waals surface area contributed by atoms with Crippen molar-refractivity contribution in [2.45, 2.75) is 24.9 Å². The lowest BCUT2D eigenvalue weighted by Gasteiger charge is -2.21. The van der Waals surface area contributed by atoms with Crippen molar-refractivity contribution < 1.29 is 14.5 Å². The Kier molecular flexibility index (Phi) is 5.57. The van der Waals surface area contributed by atoms with Gasteiger partial charge in [0.15, 0.2) is 0 Å². The standard InChI is InChI=1S/C22H23N5O4/c1-26-12-11-23-21(26)20(16-5-3-4-6-19(16)31-2)25-22(28)14-7-10-17(24-15-8-9-15)18(13-14)27(29)30/h3-7,10-13,15,20,24H,8-9H2,1-2H3,(H,25,28). The van der Waals surface area contributed by atoms with Crippen molar-refractivity contribution in [1.29, 1.82) is 0 Å². The van der Waals surface area contributed by atoms with Gasteiger partial charge in [-0.1, -0.05) is 18.2 Å². The Morgan fingerprint density at radius 1 is 1.29 bits per heavy atom. The van der Waals surface area contributed by atoms with Crippen LogP contribution in [0.1, 0.15) is 40.6 Å². The minimum Gasteiger partial charge on any atom is -0.496 e. The van der Waals surface area contributed by atoms with Crippen molar-refractivity contribution in [2.75, 3.05) is 12.4 Å². The van der Waals surface area contributed by atoms with Crippen LogP contribution in [0.15, 0.2) is 54.9 Å². The first-order valence-electron chi connectivity index (χ1n) is 9.94. The average molecular weight is 421 g/mol. The van der Waals surface area contributed by atoms with E-state index >= 15 is 0 Å². The van der Waals surface area contributed by atoms with Crippen LogP contribution in [-0.2, 0) is 7.05 Å². The predicted molar refractivity (Wildman–Crippen MR) is 115 cm³/mol. The summed E-state index contributed by atoms with van der Waals surface area (Å²) in [6, 6.07) is 11.5. The molecule has 2 N–H and O–H groups in total. The van der Waals surface area contributed by atoms with Crippen LogP contribution in [0.25, 0.3) is 0 Å². The zero-order valence-electron chi connectivity index (χ0n) is 17.2. The minimum absolute atomic E-state index is 0.120. The smallest absolute Gasteiger partial charge is 0.293 e. The van der Waals surface area contributed by atoms with Crippen LogP contribution in [0.2, 0.25) is 0 Å². The lowest BCUT2D eigenvalue weighted by Crippen LogP contribution is -2.31. The number of para-hydroxylation sites is 1.